The number of aromatic amines is 1. The van der Waals surface area contributed by atoms with Crippen molar-refractivity contribution in [3.8, 4) is 0 Å². The predicted octanol–water partition coefficient (Wildman–Crippen LogP) is 1.34. The average Bonchev–Trinajstić information content (AvgIpc) is 2.84. The van der Waals surface area contributed by atoms with Gasteiger partial charge in [0, 0.05) is 13.7 Å². The molecule has 1 aromatic carbocycles. The molecule has 35 heavy (non-hydrogen) atoms. The number of hydrogen-bond donors (Lipinski definition) is 2. The Morgan fingerprint density at radius 1 is 1.14 bits per heavy atom. The Kier molecular flexibility index (Phi) is 8.16. The summed E-state index contributed by atoms with van der Waals surface area (Å²) in [5, 5.41) is 0. The number of carbonyl (C=O) groups excluding carboxylic acids is 2. The van der Waals surface area contributed by atoms with Gasteiger partial charge in [0.05, 0.1) is 31.0 Å². The van der Waals surface area contributed by atoms with E-state index in [0.29, 0.717) is 0 Å². The maximum absolute atomic E-state index is 13.5. The number of rotatable bonds is 9. The predicted molar refractivity (Wildman–Crippen MR) is 130 cm³/mol. The van der Waals surface area contributed by atoms with Crippen molar-refractivity contribution >= 4 is 23.4 Å². The molecule has 11 nitrogen and oxygen atoms in total. The standard InChI is InChI=1S/C24H27N5O6/c1-4-35-23(32)17-10-11-18(26-15(17)2)22(31)28(12-13-34-3)19-20(25)29(24(33)27-21(19)30)14-16-8-6-5-7-9-16/h5-11H,4,12-14,25H2,1-3H3,(H,27,30,33). The first-order chi connectivity index (χ1) is 16.8. The van der Waals surface area contributed by atoms with Gasteiger partial charge < -0.3 is 15.2 Å². The second-order valence-corrected chi connectivity index (χ2v) is 7.56. The number of pyridine rings is 1. The molecule has 0 saturated carbocycles. The van der Waals surface area contributed by atoms with Gasteiger partial charge in [-0.1, -0.05) is 30.3 Å². The van der Waals surface area contributed by atoms with E-state index in [4.69, 9.17) is 15.2 Å². The van der Waals surface area contributed by atoms with Crippen molar-refractivity contribution in [3.63, 3.8) is 0 Å². The van der Waals surface area contributed by atoms with Gasteiger partial charge in [0.25, 0.3) is 11.5 Å². The highest BCUT2D eigenvalue weighted by atomic mass is 16.5. The molecule has 0 fully saturated rings. The summed E-state index contributed by atoms with van der Waals surface area (Å²) in [4.78, 5) is 58.5. The molecule has 11 heteroatoms. The minimum atomic E-state index is -0.818. The van der Waals surface area contributed by atoms with Gasteiger partial charge in [-0.05, 0) is 31.5 Å². The number of carbonyl (C=O) groups is 2. The highest BCUT2D eigenvalue weighted by Crippen LogP contribution is 2.20. The second kappa shape index (κ2) is 11.3. The van der Waals surface area contributed by atoms with E-state index in [1.807, 2.05) is 30.3 Å². The molecule has 1 amide bonds. The topological polar surface area (TPSA) is 150 Å². The number of anilines is 2. The third-order valence-corrected chi connectivity index (χ3v) is 5.23. The normalized spacial score (nSPS) is 10.7. The molecule has 0 aliphatic heterocycles. The summed E-state index contributed by atoms with van der Waals surface area (Å²) >= 11 is 0. The lowest BCUT2D eigenvalue weighted by Gasteiger charge is -2.24. The molecule has 0 aliphatic carbocycles. The second-order valence-electron chi connectivity index (χ2n) is 7.56. The van der Waals surface area contributed by atoms with Gasteiger partial charge in [0.1, 0.15) is 11.5 Å². The lowest BCUT2D eigenvalue weighted by molar-refractivity contribution is 0.0524. The molecule has 3 N–H and O–H groups in total. The number of ether oxygens (including phenoxy) is 2. The first-order valence-electron chi connectivity index (χ1n) is 10.9. The van der Waals surface area contributed by atoms with Crippen LogP contribution in [0.15, 0.2) is 52.1 Å². The summed E-state index contributed by atoms with van der Waals surface area (Å²) in [6.45, 7) is 3.60. The molecule has 3 rings (SSSR count). The molecule has 0 saturated heterocycles. The van der Waals surface area contributed by atoms with Crippen LogP contribution in [-0.2, 0) is 16.0 Å². The van der Waals surface area contributed by atoms with Gasteiger partial charge >= 0.3 is 11.7 Å². The zero-order valence-corrected chi connectivity index (χ0v) is 19.7. The van der Waals surface area contributed by atoms with Gasteiger partial charge in [0.2, 0.25) is 0 Å². The molecule has 0 atom stereocenters. The number of aromatic nitrogens is 3. The maximum atomic E-state index is 13.5. The smallest absolute Gasteiger partial charge is 0.339 e. The molecular formula is C24H27N5O6. The van der Waals surface area contributed by atoms with Crippen molar-refractivity contribution in [2.45, 2.75) is 20.4 Å². The molecule has 0 aliphatic rings. The van der Waals surface area contributed by atoms with Gasteiger partial charge in [0.15, 0.2) is 5.69 Å². The third kappa shape index (κ3) is 5.64. The van der Waals surface area contributed by atoms with Crippen molar-refractivity contribution in [2.24, 2.45) is 0 Å². The molecule has 3 aromatic rings. The number of benzene rings is 1. The van der Waals surface area contributed by atoms with Crippen molar-refractivity contribution in [1.29, 1.82) is 0 Å². The van der Waals surface area contributed by atoms with E-state index >= 15 is 0 Å². The minimum Gasteiger partial charge on any atom is -0.462 e. The number of aryl methyl sites for hydroxylation is 1. The highest BCUT2D eigenvalue weighted by molar-refractivity contribution is 6.06. The molecule has 184 valence electrons. The molecular weight excluding hydrogens is 454 g/mol. The average molecular weight is 482 g/mol. The van der Waals surface area contributed by atoms with Crippen LogP contribution in [0, 0.1) is 6.92 Å². The quantitative estimate of drug-likeness (QED) is 0.435. The number of hydrogen-bond acceptors (Lipinski definition) is 8. The van der Waals surface area contributed by atoms with Crippen LogP contribution in [-0.4, -0.2) is 53.3 Å². The van der Waals surface area contributed by atoms with Gasteiger partial charge in [-0.3, -0.25) is 24.0 Å². The number of methoxy groups -OCH3 is 1. The lowest BCUT2D eigenvalue weighted by Crippen LogP contribution is -2.43. The molecule has 2 heterocycles. The largest absolute Gasteiger partial charge is 0.462 e. The van der Waals surface area contributed by atoms with Crippen molar-refractivity contribution in [1.82, 2.24) is 14.5 Å². The first-order valence-corrected chi connectivity index (χ1v) is 10.9. The Morgan fingerprint density at radius 2 is 1.86 bits per heavy atom. The van der Waals surface area contributed by atoms with Crippen LogP contribution in [0.1, 0.15) is 39.0 Å². The summed E-state index contributed by atoms with van der Waals surface area (Å²) in [6.07, 6.45) is 0. The van der Waals surface area contributed by atoms with E-state index in [9.17, 15) is 19.2 Å². The Hall–Kier alpha value is -4.25. The summed E-state index contributed by atoms with van der Waals surface area (Å²) in [5.41, 5.74) is 5.83. The molecule has 0 radical (unpaired) electrons. The number of nitrogen functional groups attached to an aromatic ring is 1. The Morgan fingerprint density at radius 3 is 2.49 bits per heavy atom. The minimum absolute atomic E-state index is 0.0220. The van der Waals surface area contributed by atoms with Crippen LogP contribution in [0.25, 0.3) is 0 Å². The SMILES string of the molecule is CCOC(=O)c1ccc(C(=O)N(CCOC)c2c(N)n(Cc3ccccc3)c(=O)[nH]c2=O)nc1C. The van der Waals surface area contributed by atoms with Crippen LogP contribution in [0.5, 0.6) is 0 Å². The Labute approximate surface area is 201 Å². The molecule has 0 spiro atoms. The monoisotopic (exact) mass is 481 g/mol. The highest BCUT2D eigenvalue weighted by Gasteiger charge is 2.27. The molecule has 0 unspecified atom stereocenters. The van der Waals surface area contributed by atoms with E-state index in [0.717, 1.165) is 10.5 Å². The summed E-state index contributed by atoms with van der Waals surface area (Å²) in [7, 11) is 1.45. The Balaban J connectivity index is 2.06. The number of nitrogens with zero attached hydrogens (tertiary/aromatic N) is 3. The van der Waals surface area contributed by atoms with Crippen LogP contribution < -0.4 is 21.9 Å². The fourth-order valence-electron chi connectivity index (χ4n) is 3.50. The maximum Gasteiger partial charge on any atom is 0.339 e. The van der Waals surface area contributed by atoms with Gasteiger partial charge in [-0.15, -0.1) is 0 Å². The molecule has 2 aromatic heterocycles. The van der Waals surface area contributed by atoms with Crippen LogP contribution in [0.2, 0.25) is 0 Å². The van der Waals surface area contributed by atoms with E-state index in [1.54, 1.807) is 13.8 Å². The summed E-state index contributed by atoms with van der Waals surface area (Å²) in [5.74, 6) is -1.38. The Bertz CT molecular complexity index is 1330. The van der Waals surface area contributed by atoms with E-state index in [1.165, 1.54) is 23.8 Å². The van der Waals surface area contributed by atoms with Crippen LogP contribution in [0.4, 0.5) is 11.5 Å². The van der Waals surface area contributed by atoms with E-state index < -0.39 is 23.1 Å². The summed E-state index contributed by atoms with van der Waals surface area (Å²) < 4.78 is 11.3. The van der Waals surface area contributed by atoms with E-state index in [-0.39, 0.29) is 54.8 Å². The van der Waals surface area contributed by atoms with Crippen molar-refractivity contribution in [3.05, 3.63) is 85.8 Å². The zero-order chi connectivity index (χ0) is 25.5. The number of esters is 1. The van der Waals surface area contributed by atoms with Crippen LogP contribution in [0.3, 0.4) is 0 Å². The fraction of sp³-hybridized carbons (Fsp3) is 0.292. The number of nitrogens with one attached hydrogen (secondary N) is 1. The van der Waals surface area contributed by atoms with Gasteiger partial charge in [-0.25, -0.2) is 14.6 Å². The molecule has 0 bridgehead atoms. The number of nitrogens with two attached hydrogens (primary N) is 1. The van der Waals surface area contributed by atoms with Crippen LogP contribution >= 0.6 is 0 Å². The number of amides is 1. The fourth-order valence-corrected chi connectivity index (χ4v) is 3.50. The zero-order valence-electron chi connectivity index (χ0n) is 19.7. The van der Waals surface area contributed by atoms with Crippen molar-refractivity contribution < 1.29 is 19.1 Å². The third-order valence-electron chi connectivity index (χ3n) is 5.23. The van der Waals surface area contributed by atoms with E-state index in [2.05, 4.69) is 9.97 Å². The lowest BCUT2D eigenvalue weighted by atomic mass is 10.1. The summed E-state index contributed by atoms with van der Waals surface area (Å²) in [6, 6.07) is 11.9. The van der Waals surface area contributed by atoms with Gasteiger partial charge in [-0.2, -0.15) is 0 Å². The number of H-pyrrole nitrogens is 1. The van der Waals surface area contributed by atoms with Crippen molar-refractivity contribution in [2.75, 3.05) is 37.5 Å². The first kappa shape index (κ1) is 25.4.